The van der Waals surface area contributed by atoms with Crippen LogP contribution in [0.25, 0.3) is 10.8 Å². The molecule has 0 heterocycles. The van der Waals surface area contributed by atoms with Crippen LogP contribution in [0.4, 0.5) is 0 Å². The average Bonchev–Trinajstić information content (AvgIpc) is 2.42. The van der Waals surface area contributed by atoms with Gasteiger partial charge in [-0.3, -0.25) is 4.79 Å². The molecule has 0 bridgehead atoms. The Labute approximate surface area is 117 Å². The van der Waals surface area contributed by atoms with E-state index in [0.717, 1.165) is 16.3 Å². The number of fused-ring (bicyclic) bond motifs is 1. The summed E-state index contributed by atoms with van der Waals surface area (Å²) in [6, 6.07) is 9.05. The first-order valence-corrected chi connectivity index (χ1v) is 6.42. The van der Waals surface area contributed by atoms with E-state index in [4.69, 9.17) is 9.47 Å². The van der Waals surface area contributed by atoms with Crippen LogP contribution >= 0.6 is 0 Å². The van der Waals surface area contributed by atoms with Gasteiger partial charge in [-0.2, -0.15) is 0 Å². The number of ether oxygens (including phenoxy) is 2. The van der Waals surface area contributed by atoms with E-state index in [-0.39, 0.29) is 0 Å². The maximum Gasteiger partial charge on any atom is 0.338 e. The maximum atomic E-state index is 12.0. The fraction of sp³-hybridized carbons (Fsp3) is 0.250. The summed E-state index contributed by atoms with van der Waals surface area (Å²) in [6.45, 7) is 5.24. The fourth-order valence-corrected chi connectivity index (χ4v) is 2.15. The van der Waals surface area contributed by atoms with Gasteiger partial charge in [-0.05, 0) is 30.9 Å². The van der Waals surface area contributed by atoms with Crippen LogP contribution in [0, 0.1) is 6.92 Å². The number of carbonyl (C=O) groups is 2. The third-order valence-corrected chi connectivity index (χ3v) is 3.02. The quantitative estimate of drug-likeness (QED) is 0.635. The highest BCUT2D eigenvalue weighted by molar-refractivity contribution is 6.02. The van der Waals surface area contributed by atoms with Crippen LogP contribution in [0.1, 0.15) is 29.8 Å². The van der Waals surface area contributed by atoms with E-state index in [2.05, 4.69) is 0 Å². The predicted molar refractivity (Wildman–Crippen MR) is 76.0 cm³/mol. The van der Waals surface area contributed by atoms with Gasteiger partial charge >= 0.3 is 11.9 Å². The number of benzene rings is 2. The van der Waals surface area contributed by atoms with Crippen LogP contribution in [0.3, 0.4) is 0 Å². The van der Waals surface area contributed by atoms with Crippen molar-refractivity contribution in [3.05, 3.63) is 41.5 Å². The van der Waals surface area contributed by atoms with E-state index >= 15 is 0 Å². The van der Waals surface area contributed by atoms with Gasteiger partial charge in [0.15, 0.2) is 0 Å². The highest BCUT2D eigenvalue weighted by atomic mass is 16.5. The smallest absolute Gasteiger partial charge is 0.338 e. The number of aryl methyl sites for hydroxylation is 1. The summed E-state index contributed by atoms with van der Waals surface area (Å²) < 4.78 is 10.2. The summed E-state index contributed by atoms with van der Waals surface area (Å²) in [4.78, 5) is 23.2. The zero-order valence-electron chi connectivity index (χ0n) is 11.7. The molecule has 0 spiro atoms. The Kier molecular flexibility index (Phi) is 4.03. The van der Waals surface area contributed by atoms with E-state index in [1.54, 1.807) is 13.0 Å². The zero-order chi connectivity index (χ0) is 14.7. The number of carbonyl (C=O) groups excluding carboxylic acids is 2. The average molecular weight is 272 g/mol. The van der Waals surface area contributed by atoms with Crippen molar-refractivity contribution >= 4 is 22.7 Å². The molecule has 4 heteroatoms. The minimum atomic E-state index is -0.422. The lowest BCUT2D eigenvalue weighted by molar-refractivity contribution is -0.131. The van der Waals surface area contributed by atoms with Gasteiger partial charge in [-0.25, -0.2) is 4.79 Å². The van der Waals surface area contributed by atoms with Gasteiger partial charge in [0.05, 0.1) is 12.2 Å². The Balaban J connectivity index is 2.67. The van der Waals surface area contributed by atoms with Gasteiger partial charge in [-0.1, -0.05) is 24.3 Å². The van der Waals surface area contributed by atoms with Crippen molar-refractivity contribution in [1.29, 1.82) is 0 Å². The second kappa shape index (κ2) is 5.74. The predicted octanol–water partition coefficient (Wildman–Crippen LogP) is 3.25. The molecule has 2 rings (SSSR count). The lowest BCUT2D eigenvalue weighted by atomic mass is 9.99. The first kappa shape index (κ1) is 14.1. The van der Waals surface area contributed by atoms with Crippen LogP contribution < -0.4 is 4.74 Å². The van der Waals surface area contributed by atoms with Crippen molar-refractivity contribution in [1.82, 2.24) is 0 Å². The van der Waals surface area contributed by atoms with E-state index in [1.807, 2.05) is 31.2 Å². The molecule has 0 atom stereocenters. The summed E-state index contributed by atoms with van der Waals surface area (Å²) >= 11 is 0. The Morgan fingerprint density at radius 2 is 1.80 bits per heavy atom. The molecule has 20 heavy (non-hydrogen) atoms. The van der Waals surface area contributed by atoms with Crippen LogP contribution in [-0.2, 0) is 9.53 Å². The molecule has 0 aliphatic carbocycles. The molecular formula is C16H16O4. The molecule has 0 saturated heterocycles. The molecule has 4 nitrogen and oxygen atoms in total. The summed E-state index contributed by atoms with van der Waals surface area (Å²) in [7, 11) is 0. The fourth-order valence-electron chi connectivity index (χ4n) is 2.15. The minimum absolute atomic E-state index is 0.300. The van der Waals surface area contributed by atoms with Gasteiger partial charge in [0, 0.05) is 12.3 Å². The largest absolute Gasteiger partial charge is 0.462 e. The second-order valence-electron chi connectivity index (χ2n) is 4.41. The van der Waals surface area contributed by atoms with E-state index in [9.17, 15) is 9.59 Å². The van der Waals surface area contributed by atoms with Gasteiger partial charge in [-0.15, -0.1) is 0 Å². The molecule has 2 aromatic carbocycles. The van der Waals surface area contributed by atoms with Gasteiger partial charge in [0.1, 0.15) is 5.75 Å². The lowest BCUT2D eigenvalue weighted by Gasteiger charge is -2.13. The van der Waals surface area contributed by atoms with Crippen molar-refractivity contribution in [2.75, 3.05) is 6.61 Å². The van der Waals surface area contributed by atoms with Crippen LogP contribution in [0.15, 0.2) is 30.3 Å². The number of rotatable bonds is 3. The van der Waals surface area contributed by atoms with Crippen molar-refractivity contribution in [3.63, 3.8) is 0 Å². The SMILES string of the molecule is CCOC(=O)c1cc(OC(C)=O)c2ccccc2c1C. The molecule has 0 fully saturated rings. The third-order valence-electron chi connectivity index (χ3n) is 3.02. The number of hydrogen-bond acceptors (Lipinski definition) is 4. The maximum absolute atomic E-state index is 12.0. The molecule has 0 aromatic heterocycles. The van der Waals surface area contributed by atoms with Crippen LogP contribution in [-0.4, -0.2) is 18.5 Å². The van der Waals surface area contributed by atoms with Crippen LogP contribution in [0.2, 0.25) is 0 Å². The summed E-state index contributed by atoms with van der Waals surface area (Å²) in [5, 5.41) is 1.67. The molecule has 0 amide bonds. The summed E-state index contributed by atoms with van der Waals surface area (Å²) in [5.74, 6) is -0.459. The molecule has 2 aromatic rings. The van der Waals surface area contributed by atoms with E-state index < -0.39 is 11.9 Å². The van der Waals surface area contributed by atoms with Crippen molar-refractivity contribution in [2.45, 2.75) is 20.8 Å². The third kappa shape index (κ3) is 2.64. The van der Waals surface area contributed by atoms with E-state index in [1.165, 1.54) is 6.92 Å². The van der Waals surface area contributed by atoms with Crippen molar-refractivity contribution in [3.8, 4) is 5.75 Å². The Morgan fingerprint density at radius 1 is 1.15 bits per heavy atom. The topological polar surface area (TPSA) is 52.6 Å². The molecule has 0 saturated carbocycles. The second-order valence-corrected chi connectivity index (χ2v) is 4.41. The molecule has 104 valence electrons. The molecule has 0 radical (unpaired) electrons. The van der Waals surface area contributed by atoms with Gasteiger partial charge in [0.25, 0.3) is 0 Å². The zero-order valence-corrected chi connectivity index (χ0v) is 11.7. The number of hydrogen-bond donors (Lipinski definition) is 0. The monoisotopic (exact) mass is 272 g/mol. The molecule has 0 N–H and O–H groups in total. The first-order chi connectivity index (χ1) is 9.54. The Hall–Kier alpha value is -2.36. The molecular weight excluding hydrogens is 256 g/mol. The standard InChI is InChI=1S/C16H16O4/c1-4-19-16(18)14-9-15(20-11(3)17)13-8-6-5-7-12(13)10(14)2/h5-9H,4H2,1-3H3. The Morgan fingerprint density at radius 3 is 2.40 bits per heavy atom. The summed E-state index contributed by atoms with van der Waals surface area (Å²) in [5.41, 5.74) is 1.23. The first-order valence-electron chi connectivity index (χ1n) is 6.42. The highest BCUT2D eigenvalue weighted by Crippen LogP contribution is 2.31. The minimum Gasteiger partial charge on any atom is -0.462 e. The normalized spacial score (nSPS) is 10.3. The lowest BCUT2D eigenvalue weighted by Crippen LogP contribution is -2.09. The Bertz CT molecular complexity index is 673. The van der Waals surface area contributed by atoms with Gasteiger partial charge in [0.2, 0.25) is 0 Å². The molecule has 0 unspecified atom stereocenters. The molecule has 0 aliphatic heterocycles. The van der Waals surface area contributed by atoms with E-state index in [0.29, 0.717) is 17.9 Å². The van der Waals surface area contributed by atoms with Crippen molar-refractivity contribution in [2.24, 2.45) is 0 Å². The highest BCUT2D eigenvalue weighted by Gasteiger charge is 2.17. The van der Waals surface area contributed by atoms with Gasteiger partial charge < -0.3 is 9.47 Å². The number of esters is 2. The van der Waals surface area contributed by atoms with Crippen molar-refractivity contribution < 1.29 is 19.1 Å². The van der Waals surface area contributed by atoms with Crippen LogP contribution in [0.5, 0.6) is 5.75 Å². The molecule has 0 aliphatic rings. The summed E-state index contributed by atoms with van der Waals surface area (Å²) in [6.07, 6.45) is 0.